The smallest absolute Gasteiger partial charge is 0.324 e. The van der Waals surface area contributed by atoms with Crippen molar-refractivity contribution in [3.05, 3.63) is 42.8 Å². The average Bonchev–Trinajstić information content (AvgIpc) is 2.06. The second-order valence-electron chi connectivity index (χ2n) is 2.47. The van der Waals surface area contributed by atoms with Crippen LogP contribution in [0.5, 0.6) is 0 Å². The van der Waals surface area contributed by atoms with Gasteiger partial charge in [-0.25, -0.2) is 0 Å². The van der Waals surface area contributed by atoms with E-state index >= 15 is 0 Å². The maximum absolute atomic E-state index is 9.69. The van der Waals surface area contributed by atoms with E-state index in [-0.39, 0.29) is 71.6 Å². The van der Waals surface area contributed by atoms with Crippen molar-refractivity contribution in [2.75, 3.05) is 6.16 Å². The first-order valence-corrected chi connectivity index (χ1v) is 5.67. The SMILES string of the molecule is CCP(=O)(O)O.[CH2-]c1ccccc1.[Y].[Y]. The first kappa shape index (κ1) is 21.7. The van der Waals surface area contributed by atoms with Gasteiger partial charge < -0.3 is 9.79 Å². The van der Waals surface area contributed by atoms with Gasteiger partial charge in [-0.15, -0.1) is 12.1 Å². The molecule has 0 spiro atoms. The molecule has 0 fully saturated rings. The molecule has 80 valence electrons. The predicted octanol–water partition coefficient (Wildman–Crippen LogP) is 2.05. The molecule has 0 amide bonds. The molecule has 0 aromatic heterocycles. The molecule has 2 radical (unpaired) electrons. The van der Waals surface area contributed by atoms with Crippen molar-refractivity contribution >= 4 is 7.60 Å². The maximum Gasteiger partial charge on any atom is 0.325 e. The molecular weight excluding hydrogens is 365 g/mol. The Morgan fingerprint density at radius 2 is 1.53 bits per heavy atom. The molecule has 1 aromatic carbocycles. The molecule has 0 unspecified atom stereocenters. The van der Waals surface area contributed by atoms with Crippen molar-refractivity contribution in [1.82, 2.24) is 0 Å². The van der Waals surface area contributed by atoms with Crippen LogP contribution in [0.15, 0.2) is 30.3 Å². The van der Waals surface area contributed by atoms with Crippen LogP contribution in [0.3, 0.4) is 0 Å². The van der Waals surface area contributed by atoms with Crippen LogP contribution in [0.1, 0.15) is 12.5 Å². The zero-order chi connectivity index (χ0) is 10.3. The maximum atomic E-state index is 9.69. The molecule has 3 nitrogen and oxygen atoms in total. The predicted molar refractivity (Wildman–Crippen MR) is 53.5 cm³/mol. The van der Waals surface area contributed by atoms with Crippen molar-refractivity contribution < 1.29 is 79.8 Å². The van der Waals surface area contributed by atoms with Gasteiger partial charge in [0, 0.05) is 71.6 Å². The van der Waals surface area contributed by atoms with Crippen LogP contribution in [-0.2, 0) is 70.0 Å². The Hall–Kier alpha value is 1.45. The van der Waals surface area contributed by atoms with E-state index in [9.17, 15) is 4.57 Å². The summed E-state index contributed by atoms with van der Waals surface area (Å²) in [6.07, 6.45) is -0.0625. The quantitative estimate of drug-likeness (QED) is 0.580. The Labute approximate surface area is 141 Å². The molecule has 0 saturated carbocycles. The van der Waals surface area contributed by atoms with Gasteiger partial charge in [-0.3, -0.25) is 4.57 Å². The zero-order valence-corrected chi connectivity index (χ0v) is 15.3. The topological polar surface area (TPSA) is 57.5 Å². The minimum absolute atomic E-state index is 0. The molecule has 0 heterocycles. The van der Waals surface area contributed by atoms with Gasteiger partial charge in [0.25, 0.3) is 0 Å². The summed E-state index contributed by atoms with van der Waals surface area (Å²) in [4.78, 5) is 15.9. The Morgan fingerprint density at radius 1 is 1.20 bits per heavy atom. The summed E-state index contributed by atoms with van der Waals surface area (Å²) in [5, 5.41) is 0. The molecule has 0 atom stereocenters. The minimum Gasteiger partial charge on any atom is -0.324 e. The molecule has 15 heavy (non-hydrogen) atoms. The van der Waals surface area contributed by atoms with Crippen LogP contribution >= 0.6 is 7.60 Å². The van der Waals surface area contributed by atoms with E-state index in [1.165, 1.54) is 6.92 Å². The fraction of sp³-hybridized carbons (Fsp3) is 0.222. The molecule has 6 heteroatoms. The first-order chi connectivity index (χ1) is 5.95. The van der Waals surface area contributed by atoms with Crippen molar-refractivity contribution in [2.24, 2.45) is 0 Å². The third-order valence-corrected chi connectivity index (χ3v) is 2.08. The van der Waals surface area contributed by atoms with Gasteiger partial charge in [-0.05, 0) is 0 Å². The summed E-state index contributed by atoms with van der Waals surface area (Å²) in [5.41, 5.74) is 1.07. The van der Waals surface area contributed by atoms with Crippen LogP contribution in [0.4, 0.5) is 0 Å². The third-order valence-electron chi connectivity index (χ3n) is 1.25. The van der Waals surface area contributed by atoms with Crippen molar-refractivity contribution in [1.29, 1.82) is 0 Å². The molecular formula is C9H14O3PY2-. The average molecular weight is 379 g/mol. The molecule has 0 aliphatic heterocycles. The third kappa shape index (κ3) is 18.0. The van der Waals surface area contributed by atoms with Crippen LogP contribution < -0.4 is 0 Å². The van der Waals surface area contributed by atoms with Gasteiger partial charge in [-0.2, -0.15) is 24.6 Å². The van der Waals surface area contributed by atoms with Crippen LogP contribution in [-0.4, -0.2) is 15.9 Å². The van der Waals surface area contributed by atoms with Gasteiger partial charge in [0.05, 0.1) is 0 Å². The minimum atomic E-state index is -3.65. The normalized spacial score (nSPS) is 8.73. The summed E-state index contributed by atoms with van der Waals surface area (Å²) in [7, 11) is -3.65. The van der Waals surface area contributed by atoms with E-state index < -0.39 is 7.60 Å². The summed E-state index contributed by atoms with van der Waals surface area (Å²) in [6, 6.07) is 9.87. The summed E-state index contributed by atoms with van der Waals surface area (Å²) >= 11 is 0. The molecule has 0 aliphatic rings. The van der Waals surface area contributed by atoms with Gasteiger partial charge >= 0.3 is 7.60 Å². The molecule has 0 saturated heterocycles. The molecule has 0 aliphatic carbocycles. The van der Waals surface area contributed by atoms with Crippen molar-refractivity contribution in [3.8, 4) is 0 Å². The number of hydrogen-bond donors (Lipinski definition) is 2. The van der Waals surface area contributed by atoms with Gasteiger partial charge in [0.2, 0.25) is 0 Å². The Morgan fingerprint density at radius 3 is 1.67 bits per heavy atom. The van der Waals surface area contributed by atoms with Gasteiger partial charge in [0.15, 0.2) is 0 Å². The summed E-state index contributed by atoms with van der Waals surface area (Å²) in [5.74, 6) is 0. The van der Waals surface area contributed by atoms with E-state index in [0.29, 0.717) is 0 Å². The summed E-state index contributed by atoms with van der Waals surface area (Å²) in [6.45, 7) is 5.17. The number of rotatable bonds is 1. The fourth-order valence-electron chi connectivity index (χ4n) is 0.478. The molecule has 1 rings (SSSR count). The van der Waals surface area contributed by atoms with E-state index in [4.69, 9.17) is 9.79 Å². The second-order valence-corrected chi connectivity index (χ2v) is 4.43. The fourth-order valence-corrected chi connectivity index (χ4v) is 0.478. The monoisotopic (exact) mass is 379 g/mol. The Bertz CT molecular complexity index is 274. The first-order valence-electron chi connectivity index (χ1n) is 3.87. The molecule has 1 aromatic rings. The van der Waals surface area contributed by atoms with E-state index in [0.717, 1.165) is 5.56 Å². The second kappa shape index (κ2) is 11.9. The standard InChI is InChI=1S/C7H7.C2H7O3P.2Y/c1-7-5-3-2-4-6-7;1-2-6(3,4)5;;/h2-6H,1H2;2H2,1H3,(H2,3,4,5);;/q-1;;;. The van der Waals surface area contributed by atoms with E-state index in [2.05, 4.69) is 6.92 Å². The van der Waals surface area contributed by atoms with Gasteiger partial charge in [-0.1, -0.05) is 13.0 Å². The van der Waals surface area contributed by atoms with Crippen molar-refractivity contribution in [3.63, 3.8) is 0 Å². The molecule has 2 N–H and O–H groups in total. The van der Waals surface area contributed by atoms with Crippen LogP contribution in [0, 0.1) is 6.92 Å². The van der Waals surface area contributed by atoms with Crippen LogP contribution in [0.25, 0.3) is 0 Å². The number of hydrogen-bond acceptors (Lipinski definition) is 1. The van der Waals surface area contributed by atoms with E-state index in [1.807, 2.05) is 30.3 Å². The summed E-state index contributed by atoms with van der Waals surface area (Å²) < 4.78 is 9.69. The van der Waals surface area contributed by atoms with Crippen LogP contribution in [0.2, 0.25) is 0 Å². The van der Waals surface area contributed by atoms with Crippen molar-refractivity contribution in [2.45, 2.75) is 6.92 Å². The number of benzene rings is 1. The largest absolute Gasteiger partial charge is 0.325 e. The Kier molecular flexibility index (Phi) is 17.2. The molecule has 0 bridgehead atoms. The Balaban J connectivity index is -0.000000172. The van der Waals surface area contributed by atoms with E-state index in [1.54, 1.807) is 0 Å². The zero-order valence-electron chi connectivity index (χ0n) is 8.71. The van der Waals surface area contributed by atoms with Gasteiger partial charge in [0.1, 0.15) is 0 Å².